The summed E-state index contributed by atoms with van der Waals surface area (Å²) in [6.45, 7) is 36.0. The Morgan fingerprint density at radius 3 is 1.15 bits per heavy atom. The van der Waals surface area contributed by atoms with Gasteiger partial charge in [-0.05, 0) is 340 Å². The smallest absolute Gasteiger partial charge is 0.350 e. The lowest BCUT2D eigenvalue weighted by Gasteiger charge is -2.59. The lowest BCUT2D eigenvalue weighted by Crippen LogP contribution is -2.59. The van der Waals surface area contributed by atoms with Gasteiger partial charge in [-0.15, -0.1) is 0 Å². The summed E-state index contributed by atoms with van der Waals surface area (Å²) in [7, 11) is 0. The van der Waals surface area contributed by atoms with Crippen molar-refractivity contribution in [2.24, 2.45) is 105 Å². The van der Waals surface area contributed by atoms with Crippen LogP contribution in [-0.4, -0.2) is 95.1 Å². The van der Waals surface area contributed by atoms with Crippen LogP contribution < -0.4 is 0 Å². The second-order valence-electron chi connectivity index (χ2n) is 35.9. The van der Waals surface area contributed by atoms with Crippen LogP contribution in [0.15, 0.2) is 0 Å². The van der Waals surface area contributed by atoms with Crippen molar-refractivity contribution in [1.82, 2.24) is 0 Å². The Bertz CT molecular complexity index is 2660. The van der Waals surface area contributed by atoms with Crippen LogP contribution in [0.2, 0.25) is 0 Å². The largest absolute Gasteiger partial charge is 0.465 e. The monoisotopic (exact) mass is 1330 g/mol. The first kappa shape index (κ1) is 76.5. The van der Waals surface area contributed by atoms with Crippen molar-refractivity contribution in [2.45, 2.75) is 333 Å². The van der Waals surface area contributed by atoms with Gasteiger partial charge in [-0.25, -0.2) is 14.4 Å². The van der Waals surface area contributed by atoms with E-state index in [9.17, 15) is 38.4 Å². The first-order valence-electron chi connectivity index (χ1n) is 37.9. The number of hydrogen-bond donors (Lipinski definition) is 0. The predicted octanol–water partition coefficient (Wildman–Crippen LogP) is 16.6. The summed E-state index contributed by atoms with van der Waals surface area (Å²) < 4.78 is 45.3. The van der Waals surface area contributed by atoms with Crippen molar-refractivity contribution in [3.05, 3.63) is 0 Å². The third-order valence-electron chi connectivity index (χ3n) is 27.4. The molecule has 0 aliphatic heterocycles. The van der Waals surface area contributed by atoms with Gasteiger partial charge >= 0.3 is 47.8 Å². The summed E-state index contributed by atoms with van der Waals surface area (Å²) in [5.74, 6) is 6.77. The van der Waals surface area contributed by atoms with Gasteiger partial charge in [0, 0.05) is 6.42 Å². The van der Waals surface area contributed by atoms with Gasteiger partial charge in [0.2, 0.25) is 5.60 Å². The minimum absolute atomic E-state index is 0.124. The second-order valence-corrected chi connectivity index (χ2v) is 35.9. The van der Waals surface area contributed by atoms with Gasteiger partial charge in [0.1, 0.15) is 22.4 Å². The van der Waals surface area contributed by atoms with Crippen molar-refractivity contribution in [1.29, 1.82) is 0 Å². The maximum absolute atomic E-state index is 12.9. The third kappa shape index (κ3) is 17.0. The van der Waals surface area contributed by atoms with Crippen LogP contribution in [0, 0.1) is 105 Å². The molecule has 0 aromatic carbocycles. The van der Waals surface area contributed by atoms with Crippen LogP contribution >= 0.6 is 0 Å². The summed E-state index contributed by atoms with van der Waals surface area (Å²) in [6, 6.07) is 0. The molecule has 95 heavy (non-hydrogen) atoms. The zero-order valence-corrected chi connectivity index (χ0v) is 62.5. The maximum atomic E-state index is 12.9. The van der Waals surface area contributed by atoms with E-state index in [1.807, 2.05) is 83.1 Å². The van der Waals surface area contributed by atoms with Crippen molar-refractivity contribution in [3.8, 4) is 0 Å². The van der Waals surface area contributed by atoms with E-state index in [0.717, 1.165) is 61.2 Å². The topological polar surface area (TPSA) is 210 Å². The minimum atomic E-state index is -1.25. The van der Waals surface area contributed by atoms with Gasteiger partial charge in [-0.1, -0.05) is 34.6 Å². The number of rotatable bonds is 23. The average molecular weight is 1330 g/mol. The number of fused-ring (bicyclic) bond motifs is 2. The fourth-order valence-electron chi connectivity index (χ4n) is 19.3. The first-order chi connectivity index (χ1) is 44.2. The Hall–Kier alpha value is -4.24. The van der Waals surface area contributed by atoms with Gasteiger partial charge in [-0.2, -0.15) is 0 Å². The van der Waals surface area contributed by atoms with Crippen LogP contribution in [0.3, 0.4) is 0 Å². The molecule has 4 unspecified atom stereocenters. The van der Waals surface area contributed by atoms with E-state index >= 15 is 0 Å². The summed E-state index contributed by atoms with van der Waals surface area (Å²) in [4.78, 5) is 98.4. The quantitative estimate of drug-likeness (QED) is 0.0529. The summed E-state index contributed by atoms with van der Waals surface area (Å²) in [6.07, 6.45) is 26.8. The molecule has 14 saturated carbocycles. The minimum Gasteiger partial charge on any atom is -0.465 e. The van der Waals surface area contributed by atoms with Gasteiger partial charge in [0.05, 0.1) is 28.3 Å². The molecule has 14 aliphatic carbocycles. The molecule has 0 amide bonds. The first-order valence-corrected chi connectivity index (χ1v) is 37.9. The summed E-state index contributed by atoms with van der Waals surface area (Å²) in [5.41, 5.74) is -4.73. The number of esters is 8. The fourth-order valence-corrected chi connectivity index (χ4v) is 19.3. The molecule has 14 aliphatic rings. The molecule has 0 spiro atoms. The second kappa shape index (κ2) is 29.5. The van der Waals surface area contributed by atoms with Crippen molar-refractivity contribution < 1.29 is 76.3 Å². The summed E-state index contributed by atoms with van der Waals surface area (Å²) >= 11 is 0. The standard InChI is InChI=1S/2C21H34O4.C20H32O4.C17H28O4/c1-7-19(2,3)17(22)24-20(4,5)18(23)25-21(6)15-9-13-8-14(11-15)12-16(21)10-13;1-5-20(2,3)19(23)24-8-6-7-18(22)25-21(4)16-10-14-9-15(12-16)13-17(21)11-14;1-6-19(3,4)18(22)23-12(2)17(21)24-20(5)15-8-13-7-14(10-15)11-16(20)9-13;1-5-16(3,4)15(19)20-11-14(18)21-17(6-2)10-12-7-8-13(17)9-12/h13-16H,7-12H2,1-6H3;14-17H,5-13H2,1-4H3;12-16H,6-11H2,1-5H3;12-13H,5-11H2,1-4H3. The predicted molar refractivity (Wildman–Crippen MR) is 362 cm³/mol. The number of carbonyl (C=O) groups is 8. The third-order valence-corrected chi connectivity index (χ3v) is 27.4. The molecule has 540 valence electrons. The Labute approximate surface area is 571 Å². The van der Waals surface area contributed by atoms with E-state index in [4.69, 9.17) is 37.9 Å². The summed E-state index contributed by atoms with van der Waals surface area (Å²) in [5, 5.41) is 0. The normalized spacial score (nSPS) is 36.0. The molecule has 0 radical (unpaired) electrons. The lowest BCUT2D eigenvalue weighted by atomic mass is 9.50. The van der Waals surface area contributed by atoms with E-state index in [1.165, 1.54) is 109 Å². The maximum Gasteiger partial charge on any atom is 0.350 e. The molecule has 0 saturated heterocycles. The number of hydrogen-bond acceptors (Lipinski definition) is 16. The molecule has 0 heterocycles. The Balaban J connectivity index is 0.000000163. The molecule has 14 rings (SSSR count). The van der Waals surface area contributed by atoms with Crippen LogP contribution in [0.25, 0.3) is 0 Å². The van der Waals surface area contributed by atoms with E-state index in [0.29, 0.717) is 86.1 Å². The molecule has 16 nitrogen and oxygen atoms in total. The lowest BCUT2D eigenvalue weighted by molar-refractivity contribution is -0.221. The average Bonchev–Trinajstić information content (AvgIpc) is 1.49. The van der Waals surface area contributed by atoms with E-state index in [1.54, 1.807) is 20.8 Å². The Morgan fingerprint density at radius 1 is 0.400 bits per heavy atom. The molecule has 16 heteroatoms. The highest BCUT2D eigenvalue weighted by atomic mass is 16.6. The van der Waals surface area contributed by atoms with Crippen LogP contribution in [0.5, 0.6) is 0 Å². The van der Waals surface area contributed by atoms with Gasteiger partial charge in [0.25, 0.3) is 0 Å². The zero-order chi connectivity index (χ0) is 70.2. The molecular weight excluding hydrogens is 1200 g/mol. The van der Waals surface area contributed by atoms with Crippen LogP contribution in [0.1, 0.15) is 298 Å². The van der Waals surface area contributed by atoms with E-state index < -0.39 is 50.9 Å². The Kier molecular flexibility index (Phi) is 23.8. The van der Waals surface area contributed by atoms with E-state index in [-0.39, 0.29) is 59.2 Å². The van der Waals surface area contributed by atoms with Gasteiger partial charge < -0.3 is 37.9 Å². The number of carbonyl (C=O) groups excluding carboxylic acids is 8. The highest BCUT2D eigenvalue weighted by molar-refractivity contribution is 5.85. The van der Waals surface area contributed by atoms with Crippen molar-refractivity contribution in [2.75, 3.05) is 13.2 Å². The molecule has 4 atom stereocenters. The molecule has 0 N–H and O–H groups in total. The van der Waals surface area contributed by atoms with Gasteiger partial charge in [0.15, 0.2) is 12.7 Å². The molecule has 14 bridgehead atoms. The SMILES string of the molecule is CCC(C)(C)C(=O)OC(C)(C)C(=O)OC1(C)C2CC3CC(C2)CC1C3.CCC(C)(C)C(=O)OC(C)C(=O)OC1(C)C2CC3CC(C2)CC1C3.CCC(C)(C)C(=O)OCC(=O)OC1(CC)CC2CCC1C2.CCC(C)(C)C(=O)OCCCC(=O)OC1(C)C2CC3CC(C2)CC1C3. The molecule has 0 aromatic rings. The van der Waals surface area contributed by atoms with Crippen molar-refractivity contribution >= 4 is 47.8 Å². The van der Waals surface area contributed by atoms with Gasteiger partial charge in [-0.3, -0.25) is 24.0 Å². The fraction of sp³-hybridized carbons (Fsp3) is 0.899. The highest BCUT2D eigenvalue weighted by Crippen LogP contribution is 2.63. The zero-order valence-electron chi connectivity index (χ0n) is 62.5. The van der Waals surface area contributed by atoms with Crippen LogP contribution in [0.4, 0.5) is 0 Å². The number of ether oxygens (including phenoxy) is 8. The van der Waals surface area contributed by atoms with Crippen molar-refractivity contribution in [3.63, 3.8) is 0 Å². The highest BCUT2D eigenvalue weighted by Gasteiger charge is 2.61. The van der Waals surface area contributed by atoms with E-state index in [2.05, 4.69) is 27.7 Å². The molecule has 0 aromatic heterocycles. The molecular formula is C79H128O16. The molecule has 14 fully saturated rings. The Morgan fingerprint density at radius 2 is 0.768 bits per heavy atom. The van der Waals surface area contributed by atoms with Crippen LogP contribution in [-0.2, 0) is 76.3 Å².